The number of hydrogen-bond donors (Lipinski definition) is 1. The van der Waals surface area contributed by atoms with Gasteiger partial charge in [-0.1, -0.05) is 120 Å². The highest BCUT2D eigenvalue weighted by Crippen LogP contribution is 2.49. The number of esters is 1. The third-order valence-corrected chi connectivity index (χ3v) is 12.6. The van der Waals surface area contributed by atoms with E-state index in [2.05, 4.69) is 61.1 Å². The molecule has 0 atom stereocenters. The molecule has 0 saturated heterocycles. The standard InChI is InChI=1S/C13H22O3.C11H10ClNS.C11H11NS.C11H16O2.CH4/c1-3-11(14)10-13(12(15)16-4-2)8-6-5-7-9-13;1-3-13-11(14-4-2)9-5-7-10(12)8-6-9;1-8-3-5-10(6-4-8)11-12-7-9(2)13-11;1-8-9(12)7-11(10(8)13)5-3-2-4-6-11;/h3-10H2,1-2H3;1,5-8H,4H2,2H3;3-7H,1-2H3;13H,2-7H2,1H3;1H4. The summed E-state index contributed by atoms with van der Waals surface area (Å²) in [5, 5.41) is 12.6. The first kappa shape index (κ1) is 49.4. The summed E-state index contributed by atoms with van der Waals surface area (Å²) in [6.07, 6.45) is 19.0. The highest BCUT2D eigenvalue weighted by Gasteiger charge is 2.45. The Hall–Kier alpha value is -3.71. The molecule has 0 unspecified atom stereocenters. The molecule has 0 radical (unpaired) electrons. The minimum atomic E-state index is -0.499. The summed E-state index contributed by atoms with van der Waals surface area (Å²) >= 11 is 9.14. The third kappa shape index (κ3) is 14.9. The van der Waals surface area contributed by atoms with E-state index in [4.69, 9.17) is 22.8 Å². The fourth-order valence-corrected chi connectivity index (χ4v) is 8.91. The number of allylic oxidation sites excluding steroid dienone is 2. The number of nitrogens with zero attached hydrogens (tertiary/aromatic N) is 2. The molecule has 57 heavy (non-hydrogen) atoms. The van der Waals surface area contributed by atoms with E-state index in [1.54, 1.807) is 30.0 Å². The number of aliphatic imine (C=N–C) groups is 1. The van der Waals surface area contributed by atoms with Crippen LogP contribution in [0.4, 0.5) is 0 Å². The van der Waals surface area contributed by atoms with Crippen LogP contribution >= 0.6 is 34.7 Å². The van der Waals surface area contributed by atoms with Crippen LogP contribution in [0.2, 0.25) is 5.02 Å². The monoisotopic (exact) mass is 834 g/mol. The molecular formula is C47H63ClN2O5S2. The van der Waals surface area contributed by atoms with Crippen LogP contribution in [-0.4, -0.2) is 45.0 Å². The number of benzene rings is 2. The van der Waals surface area contributed by atoms with Crippen molar-refractivity contribution in [1.29, 1.82) is 0 Å². The molecule has 0 aliphatic heterocycles. The smallest absolute Gasteiger partial charge is 0.312 e. The number of aliphatic hydroxyl groups is 1. The number of Topliss-reactive ketones (excluding diaryl/α,β-unsaturated/α-hetero) is 2. The molecule has 1 N–H and O–H groups in total. The van der Waals surface area contributed by atoms with E-state index in [0.717, 1.165) is 77.8 Å². The Morgan fingerprint density at radius 2 is 1.54 bits per heavy atom. The molecule has 3 aromatic rings. The van der Waals surface area contributed by atoms with Crippen LogP contribution in [0.1, 0.15) is 135 Å². The van der Waals surface area contributed by atoms with Crippen LogP contribution in [0.25, 0.3) is 10.6 Å². The van der Waals surface area contributed by atoms with Gasteiger partial charge in [0.05, 0.1) is 12.0 Å². The Morgan fingerprint density at radius 1 is 0.947 bits per heavy atom. The molecule has 1 spiro atoms. The van der Waals surface area contributed by atoms with Crippen LogP contribution in [0.3, 0.4) is 0 Å². The quantitative estimate of drug-likeness (QED) is 0.104. The minimum Gasteiger partial charge on any atom is -0.511 e. The third-order valence-electron chi connectivity index (χ3n) is 10.5. The van der Waals surface area contributed by atoms with Gasteiger partial charge in [0.25, 0.3) is 0 Å². The molecule has 2 fully saturated rings. The lowest BCUT2D eigenvalue weighted by atomic mass is 9.70. The molecule has 1 aromatic heterocycles. The number of halogens is 1. The predicted molar refractivity (Wildman–Crippen MR) is 241 cm³/mol. The fourth-order valence-electron chi connectivity index (χ4n) is 7.32. The molecule has 0 amide bonds. The Morgan fingerprint density at radius 3 is 2.02 bits per heavy atom. The van der Waals surface area contributed by atoms with E-state index in [9.17, 15) is 19.5 Å². The van der Waals surface area contributed by atoms with Gasteiger partial charge in [0.15, 0.2) is 5.78 Å². The summed E-state index contributed by atoms with van der Waals surface area (Å²) in [7, 11) is 0. The first-order valence-corrected chi connectivity index (χ1v) is 22.1. The maximum absolute atomic E-state index is 12.0. The highest BCUT2D eigenvalue weighted by molar-refractivity contribution is 8.14. The van der Waals surface area contributed by atoms with Crippen molar-refractivity contribution in [2.75, 3.05) is 12.4 Å². The lowest BCUT2D eigenvalue weighted by molar-refractivity contribution is -0.159. The zero-order valence-electron chi connectivity index (χ0n) is 34.0. The number of aryl methyl sites for hydroxylation is 2. The lowest BCUT2D eigenvalue weighted by Crippen LogP contribution is -2.37. The normalized spacial score (nSPS) is 16.7. The second-order valence-corrected chi connectivity index (χ2v) is 17.6. The topological polar surface area (TPSA) is 106 Å². The maximum atomic E-state index is 12.0. The van der Waals surface area contributed by atoms with Crippen molar-refractivity contribution >= 4 is 57.3 Å². The van der Waals surface area contributed by atoms with Crippen LogP contribution in [-0.2, 0) is 19.1 Å². The van der Waals surface area contributed by atoms with Gasteiger partial charge in [-0.3, -0.25) is 14.4 Å². The number of carbonyl (C=O) groups is 3. The summed E-state index contributed by atoms with van der Waals surface area (Å²) in [6, 6.07) is 18.3. The van der Waals surface area contributed by atoms with Gasteiger partial charge in [-0.25, -0.2) is 4.98 Å². The van der Waals surface area contributed by atoms with E-state index in [1.165, 1.54) is 28.8 Å². The molecular weight excluding hydrogens is 772 g/mol. The van der Waals surface area contributed by atoms with E-state index >= 15 is 0 Å². The van der Waals surface area contributed by atoms with Crippen molar-refractivity contribution < 1.29 is 24.2 Å². The van der Waals surface area contributed by atoms with Gasteiger partial charge < -0.3 is 9.84 Å². The number of ketones is 2. The number of thioether (sulfide) groups is 1. The van der Waals surface area contributed by atoms with Gasteiger partial charge in [-0.15, -0.1) is 23.1 Å². The average molecular weight is 836 g/mol. The first-order valence-electron chi connectivity index (χ1n) is 19.9. The molecule has 2 saturated carbocycles. The molecule has 3 aliphatic carbocycles. The van der Waals surface area contributed by atoms with Crippen molar-refractivity contribution in [3.8, 4) is 23.0 Å². The minimum absolute atomic E-state index is 0. The number of aromatic nitrogens is 1. The van der Waals surface area contributed by atoms with E-state index < -0.39 is 5.41 Å². The Kier molecular flexibility index (Phi) is 21.6. The molecule has 10 heteroatoms. The lowest BCUT2D eigenvalue weighted by Gasteiger charge is -2.34. The van der Waals surface area contributed by atoms with Gasteiger partial charge in [0, 0.05) is 63.5 Å². The Bertz CT molecular complexity index is 1830. The number of thiazole rings is 1. The van der Waals surface area contributed by atoms with E-state index in [-0.39, 0.29) is 30.4 Å². The molecule has 6 rings (SSSR count). The van der Waals surface area contributed by atoms with Crippen LogP contribution in [0.15, 0.2) is 71.1 Å². The molecule has 2 aromatic carbocycles. The van der Waals surface area contributed by atoms with Gasteiger partial charge in [-0.2, -0.15) is 4.99 Å². The largest absolute Gasteiger partial charge is 0.511 e. The number of hydrogen-bond acceptors (Lipinski definition) is 9. The van der Waals surface area contributed by atoms with Crippen LogP contribution < -0.4 is 0 Å². The van der Waals surface area contributed by atoms with Gasteiger partial charge in [0.1, 0.15) is 21.6 Å². The summed E-state index contributed by atoms with van der Waals surface area (Å²) in [6.45, 7) is 12.1. The first-order chi connectivity index (χ1) is 26.8. The summed E-state index contributed by atoms with van der Waals surface area (Å²) in [5.74, 6) is 1.52. The summed E-state index contributed by atoms with van der Waals surface area (Å²) in [5.41, 5.74) is 3.49. The summed E-state index contributed by atoms with van der Waals surface area (Å²) < 4.78 is 5.14. The number of terminal acetylenes is 1. The summed E-state index contributed by atoms with van der Waals surface area (Å²) in [4.78, 5) is 44.6. The zero-order valence-corrected chi connectivity index (χ0v) is 36.4. The number of ether oxygens (including phenoxy) is 1. The average Bonchev–Trinajstić information content (AvgIpc) is 3.72. The van der Waals surface area contributed by atoms with Crippen molar-refractivity contribution in [2.24, 2.45) is 15.8 Å². The van der Waals surface area contributed by atoms with Gasteiger partial charge >= 0.3 is 5.97 Å². The van der Waals surface area contributed by atoms with E-state index in [1.807, 2.05) is 44.3 Å². The zero-order chi connectivity index (χ0) is 41.1. The van der Waals surface area contributed by atoms with E-state index in [0.29, 0.717) is 37.2 Å². The van der Waals surface area contributed by atoms with Crippen molar-refractivity contribution in [3.05, 3.63) is 87.1 Å². The highest BCUT2D eigenvalue weighted by atomic mass is 35.5. The van der Waals surface area contributed by atoms with Gasteiger partial charge in [-0.05, 0) is 71.3 Å². The molecule has 3 aliphatic rings. The number of aliphatic hydroxyl groups excluding tert-OH is 1. The van der Waals surface area contributed by atoms with Gasteiger partial charge in [0.2, 0.25) is 0 Å². The number of carbonyl (C=O) groups excluding carboxylic acids is 3. The fraction of sp³-hybridized carbons (Fsp3) is 0.511. The maximum Gasteiger partial charge on any atom is 0.312 e. The molecule has 0 bridgehead atoms. The second-order valence-electron chi connectivity index (χ2n) is 14.7. The van der Waals surface area contributed by atoms with Crippen molar-refractivity contribution in [1.82, 2.24) is 4.98 Å². The molecule has 1 heterocycles. The van der Waals surface area contributed by atoms with Crippen LogP contribution in [0.5, 0.6) is 0 Å². The molecule has 310 valence electrons. The SMILES string of the molecule is C.C#CN=C(SCC)c1ccc(Cl)cc1.CC1=C(O)C2(CCCCC2)CC1=O.CCOC(=O)C1(CC(=O)CC)CCCCC1.Cc1ccc(-c2ncc(C)s2)cc1. The number of rotatable bonds is 8. The Labute approximate surface area is 355 Å². The van der Waals surface area contributed by atoms with Crippen molar-refractivity contribution in [3.63, 3.8) is 0 Å². The predicted octanol–water partition coefficient (Wildman–Crippen LogP) is 13.1. The second kappa shape index (κ2) is 24.9. The molecule has 7 nitrogen and oxygen atoms in total. The van der Waals surface area contributed by atoms with Crippen molar-refractivity contribution in [2.45, 2.75) is 132 Å². The Balaban J connectivity index is 0.000000261. The van der Waals surface area contributed by atoms with Crippen LogP contribution in [0, 0.1) is 37.1 Å².